The lowest BCUT2D eigenvalue weighted by Crippen LogP contribution is -2.27. The van der Waals surface area contributed by atoms with Gasteiger partial charge < -0.3 is 24.6 Å². The first kappa shape index (κ1) is 27.1. The number of aliphatic hydroxyl groups excluding tert-OH is 1. The van der Waals surface area contributed by atoms with E-state index in [0.717, 1.165) is 36.1 Å². The Kier molecular flexibility index (Phi) is 11.1. The highest BCUT2D eigenvalue weighted by Gasteiger charge is 2.19. The molecule has 0 heterocycles. The monoisotopic (exact) mass is 491 g/mol. The van der Waals surface area contributed by atoms with E-state index >= 15 is 0 Å². The van der Waals surface area contributed by atoms with E-state index in [1.807, 2.05) is 54.6 Å². The Morgan fingerprint density at radius 2 is 1.67 bits per heavy atom. The maximum absolute atomic E-state index is 13.0. The van der Waals surface area contributed by atoms with Crippen LogP contribution in [-0.4, -0.2) is 37.9 Å². The van der Waals surface area contributed by atoms with Crippen molar-refractivity contribution in [2.75, 3.05) is 26.9 Å². The molecule has 3 rings (SSSR count). The minimum atomic E-state index is -0.192. The fourth-order valence-corrected chi connectivity index (χ4v) is 3.93. The second-order valence-corrected chi connectivity index (χ2v) is 8.58. The van der Waals surface area contributed by atoms with Crippen molar-refractivity contribution in [3.05, 3.63) is 89.0 Å². The number of rotatable bonds is 15. The summed E-state index contributed by atoms with van der Waals surface area (Å²) in [5.74, 6) is 1.73. The van der Waals surface area contributed by atoms with Gasteiger partial charge in [0.25, 0.3) is 5.91 Å². The van der Waals surface area contributed by atoms with Crippen molar-refractivity contribution >= 4 is 5.91 Å². The summed E-state index contributed by atoms with van der Waals surface area (Å²) in [6.07, 6.45) is 4.09. The SMILES string of the molecule is CCCCCOc1c(OC)ccc(C(=O)NCCc2ccc(OCc3ccccc3)cc2)c1CCO. The van der Waals surface area contributed by atoms with Crippen LogP contribution < -0.4 is 19.5 Å². The van der Waals surface area contributed by atoms with Crippen LogP contribution in [0.2, 0.25) is 0 Å². The summed E-state index contributed by atoms with van der Waals surface area (Å²) in [7, 11) is 1.58. The van der Waals surface area contributed by atoms with E-state index in [1.54, 1.807) is 19.2 Å². The zero-order valence-corrected chi connectivity index (χ0v) is 21.3. The number of nitrogens with one attached hydrogen (secondary N) is 1. The molecule has 0 aromatic heterocycles. The molecular weight excluding hydrogens is 454 g/mol. The number of amides is 1. The molecule has 0 aliphatic rings. The van der Waals surface area contributed by atoms with Crippen LogP contribution >= 0.6 is 0 Å². The maximum Gasteiger partial charge on any atom is 0.251 e. The van der Waals surface area contributed by atoms with E-state index in [2.05, 4.69) is 12.2 Å². The maximum atomic E-state index is 13.0. The molecule has 0 spiro atoms. The van der Waals surface area contributed by atoms with Crippen molar-refractivity contribution in [1.82, 2.24) is 5.32 Å². The molecule has 0 fully saturated rings. The van der Waals surface area contributed by atoms with Crippen molar-refractivity contribution in [3.8, 4) is 17.2 Å². The van der Waals surface area contributed by atoms with Crippen LogP contribution in [0.4, 0.5) is 0 Å². The van der Waals surface area contributed by atoms with Crippen LogP contribution in [-0.2, 0) is 19.4 Å². The van der Waals surface area contributed by atoms with Crippen LogP contribution in [0.3, 0.4) is 0 Å². The van der Waals surface area contributed by atoms with Gasteiger partial charge in [-0.2, -0.15) is 0 Å². The number of hydrogen-bond acceptors (Lipinski definition) is 5. The summed E-state index contributed by atoms with van der Waals surface area (Å²) in [4.78, 5) is 13.0. The molecule has 36 heavy (non-hydrogen) atoms. The third-order valence-corrected chi connectivity index (χ3v) is 5.92. The molecule has 3 aromatic carbocycles. The Bertz CT molecular complexity index is 1070. The number of unbranched alkanes of at least 4 members (excludes halogenated alkanes) is 2. The average Bonchev–Trinajstić information content (AvgIpc) is 2.91. The first-order valence-electron chi connectivity index (χ1n) is 12.6. The zero-order chi connectivity index (χ0) is 25.6. The molecule has 192 valence electrons. The first-order chi connectivity index (χ1) is 17.7. The molecule has 0 radical (unpaired) electrons. The Hall–Kier alpha value is -3.51. The molecule has 2 N–H and O–H groups in total. The molecule has 1 amide bonds. The van der Waals surface area contributed by atoms with Crippen molar-refractivity contribution in [2.45, 2.75) is 45.6 Å². The molecule has 0 atom stereocenters. The van der Waals surface area contributed by atoms with Crippen molar-refractivity contribution in [3.63, 3.8) is 0 Å². The summed E-state index contributed by atoms with van der Waals surface area (Å²) in [6, 6.07) is 21.5. The molecule has 0 aliphatic carbocycles. The van der Waals surface area contributed by atoms with Crippen molar-refractivity contribution in [1.29, 1.82) is 0 Å². The van der Waals surface area contributed by atoms with Crippen LogP contribution in [0.25, 0.3) is 0 Å². The normalized spacial score (nSPS) is 10.6. The zero-order valence-electron chi connectivity index (χ0n) is 21.3. The molecule has 0 saturated heterocycles. The number of carbonyl (C=O) groups is 1. The highest BCUT2D eigenvalue weighted by molar-refractivity contribution is 5.96. The van der Waals surface area contributed by atoms with Gasteiger partial charge in [-0.15, -0.1) is 0 Å². The summed E-state index contributed by atoms with van der Waals surface area (Å²) in [6.45, 7) is 3.60. The minimum Gasteiger partial charge on any atom is -0.493 e. The number of carbonyl (C=O) groups excluding carboxylic acids is 1. The number of ether oxygens (including phenoxy) is 3. The van der Waals surface area contributed by atoms with Gasteiger partial charge in [0.1, 0.15) is 12.4 Å². The quantitative estimate of drug-likeness (QED) is 0.280. The van der Waals surface area contributed by atoms with Gasteiger partial charge in [0, 0.05) is 30.7 Å². The number of hydrogen-bond donors (Lipinski definition) is 2. The van der Waals surface area contributed by atoms with Gasteiger partial charge in [-0.05, 0) is 48.2 Å². The first-order valence-corrected chi connectivity index (χ1v) is 12.6. The van der Waals surface area contributed by atoms with Crippen molar-refractivity contribution in [2.24, 2.45) is 0 Å². The molecule has 0 bridgehead atoms. The van der Waals surface area contributed by atoms with Gasteiger partial charge in [0.15, 0.2) is 11.5 Å². The highest BCUT2D eigenvalue weighted by atomic mass is 16.5. The molecule has 0 unspecified atom stereocenters. The summed E-state index contributed by atoms with van der Waals surface area (Å²) < 4.78 is 17.3. The topological polar surface area (TPSA) is 77.0 Å². The fourth-order valence-electron chi connectivity index (χ4n) is 3.93. The predicted octanol–water partition coefficient (Wildman–Crippen LogP) is 5.35. The van der Waals surface area contributed by atoms with Crippen LogP contribution in [0.1, 0.15) is 53.2 Å². The van der Waals surface area contributed by atoms with E-state index in [0.29, 0.717) is 55.2 Å². The molecular formula is C30H37NO5. The van der Waals surface area contributed by atoms with Gasteiger partial charge >= 0.3 is 0 Å². The van der Waals surface area contributed by atoms with E-state index in [4.69, 9.17) is 14.2 Å². The lowest BCUT2D eigenvalue weighted by molar-refractivity contribution is 0.0952. The predicted molar refractivity (Wildman–Crippen MR) is 142 cm³/mol. The van der Waals surface area contributed by atoms with E-state index < -0.39 is 0 Å². The Morgan fingerprint density at radius 3 is 2.36 bits per heavy atom. The van der Waals surface area contributed by atoms with Gasteiger partial charge in [-0.1, -0.05) is 62.2 Å². The smallest absolute Gasteiger partial charge is 0.251 e. The third-order valence-electron chi connectivity index (χ3n) is 5.92. The van der Waals surface area contributed by atoms with Gasteiger partial charge in [0.2, 0.25) is 0 Å². The number of aliphatic hydroxyl groups is 1. The Labute approximate surface area is 214 Å². The van der Waals surface area contributed by atoms with Crippen LogP contribution in [0, 0.1) is 0 Å². The Morgan fingerprint density at radius 1 is 0.889 bits per heavy atom. The largest absolute Gasteiger partial charge is 0.493 e. The summed E-state index contributed by atoms with van der Waals surface area (Å²) in [5, 5.41) is 12.6. The summed E-state index contributed by atoms with van der Waals surface area (Å²) in [5.41, 5.74) is 3.40. The fraction of sp³-hybridized carbons (Fsp3) is 0.367. The third kappa shape index (κ3) is 8.02. The van der Waals surface area contributed by atoms with Crippen LogP contribution in [0.5, 0.6) is 17.2 Å². The Balaban J connectivity index is 1.57. The average molecular weight is 492 g/mol. The summed E-state index contributed by atoms with van der Waals surface area (Å²) >= 11 is 0. The van der Waals surface area contributed by atoms with Gasteiger partial charge in [-0.25, -0.2) is 0 Å². The second-order valence-electron chi connectivity index (χ2n) is 8.58. The van der Waals surface area contributed by atoms with Gasteiger partial charge in [-0.3, -0.25) is 4.79 Å². The minimum absolute atomic E-state index is 0.0859. The molecule has 3 aromatic rings. The molecule has 0 saturated carbocycles. The highest BCUT2D eigenvalue weighted by Crippen LogP contribution is 2.34. The van der Waals surface area contributed by atoms with Crippen LogP contribution in [0.15, 0.2) is 66.7 Å². The van der Waals surface area contributed by atoms with Crippen molar-refractivity contribution < 1.29 is 24.1 Å². The molecule has 6 heteroatoms. The van der Waals surface area contributed by atoms with E-state index in [9.17, 15) is 9.90 Å². The molecule has 0 aliphatic heterocycles. The standard InChI is InChI=1S/C30H37NO5/c1-3-4-8-21-35-29-26(18-20-32)27(15-16-28(29)34-2)30(33)31-19-17-23-11-13-25(14-12-23)36-22-24-9-6-5-7-10-24/h5-7,9-16,32H,3-4,8,17-22H2,1-2H3,(H,31,33). The second kappa shape index (κ2) is 14.8. The lowest BCUT2D eigenvalue weighted by atomic mass is 10.0. The van der Waals surface area contributed by atoms with E-state index in [1.165, 1.54) is 0 Å². The number of benzene rings is 3. The van der Waals surface area contributed by atoms with E-state index in [-0.39, 0.29) is 12.5 Å². The number of methoxy groups -OCH3 is 1. The molecule has 6 nitrogen and oxygen atoms in total. The lowest BCUT2D eigenvalue weighted by Gasteiger charge is -2.18. The van der Waals surface area contributed by atoms with Gasteiger partial charge in [0.05, 0.1) is 13.7 Å².